The Morgan fingerprint density at radius 3 is 2.58 bits per heavy atom. The fourth-order valence-corrected chi connectivity index (χ4v) is 2.08. The summed E-state index contributed by atoms with van der Waals surface area (Å²) in [5.74, 6) is -0.127. The van der Waals surface area contributed by atoms with Crippen molar-refractivity contribution in [2.75, 3.05) is 6.54 Å². The molecule has 0 atom stereocenters. The van der Waals surface area contributed by atoms with Crippen molar-refractivity contribution < 1.29 is 4.39 Å². The Morgan fingerprint density at radius 2 is 1.84 bits per heavy atom. The Morgan fingerprint density at radius 1 is 1.00 bits per heavy atom. The van der Waals surface area contributed by atoms with E-state index in [1.54, 1.807) is 13.0 Å². The molecule has 0 amide bonds. The van der Waals surface area contributed by atoms with Gasteiger partial charge in [-0.2, -0.15) is 0 Å². The van der Waals surface area contributed by atoms with Gasteiger partial charge in [-0.1, -0.05) is 42.0 Å². The van der Waals surface area contributed by atoms with Gasteiger partial charge in [-0.25, -0.2) is 4.39 Å². The minimum absolute atomic E-state index is 0.127. The molecule has 0 aromatic heterocycles. The van der Waals surface area contributed by atoms with E-state index in [1.807, 2.05) is 12.1 Å². The van der Waals surface area contributed by atoms with Crippen LogP contribution < -0.4 is 5.32 Å². The van der Waals surface area contributed by atoms with Gasteiger partial charge in [0.25, 0.3) is 0 Å². The van der Waals surface area contributed by atoms with Crippen molar-refractivity contribution in [3.05, 3.63) is 70.5 Å². The molecule has 2 heteroatoms. The Hall–Kier alpha value is -1.67. The average Bonchev–Trinajstić information content (AvgIpc) is 2.39. The number of hydrogen-bond donors (Lipinski definition) is 1. The third-order valence-electron chi connectivity index (χ3n) is 3.24. The lowest BCUT2D eigenvalue weighted by atomic mass is 10.1. The first kappa shape index (κ1) is 13.8. The van der Waals surface area contributed by atoms with Gasteiger partial charge in [-0.15, -0.1) is 0 Å². The maximum Gasteiger partial charge on any atom is 0.126 e. The largest absolute Gasteiger partial charge is 0.312 e. The van der Waals surface area contributed by atoms with Gasteiger partial charge in [0.05, 0.1) is 0 Å². The summed E-state index contributed by atoms with van der Waals surface area (Å²) in [6, 6.07) is 13.9. The molecule has 0 aliphatic rings. The second-order valence-corrected chi connectivity index (χ2v) is 5.00. The molecule has 0 heterocycles. The lowest BCUT2D eigenvalue weighted by Crippen LogP contribution is -2.16. The van der Waals surface area contributed by atoms with E-state index < -0.39 is 0 Å². The Bertz CT molecular complexity index is 549. The van der Waals surface area contributed by atoms with Crippen molar-refractivity contribution in [3.63, 3.8) is 0 Å². The van der Waals surface area contributed by atoms with E-state index >= 15 is 0 Å². The molecule has 0 spiro atoms. The van der Waals surface area contributed by atoms with Gasteiger partial charge in [0.1, 0.15) is 5.82 Å². The van der Waals surface area contributed by atoms with Crippen LogP contribution in [0.1, 0.15) is 22.3 Å². The summed E-state index contributed by atoms with van der Waals surface area (Å²) in [4.78, 5) is 0. The number of nitrogens with one attached hydrogen (secondary N) is 1. The van der Waals surface area contributed by atoms with Crippen molar-refractivity contribution in [3.8, 4) is 0 Å². The molecule has 0 aliphatic carbocycles. The highest BCUT2D eigenvalue weighted by Crippen LogP contribution is 2.09. The number of rotatable bonds is 5. The topological polar surface area (TPSA) is 12.0 Å². The molecule has 2 rings (SSSR count). The predicted molar refractivity (Wildman–Crippen MR) is 77.7 cm³/mol. The first-order valence-electron chi connectivity index (χ1n) is 6.66. The summed E-state index contributed by atoms with van der Waals surface area (Å²) in [5.41, 5.74) is 4.32. The zero-order valence-corrected chi connectivity index (χ0v) is 11.5. The molecule has 2 aromatic rings. The van der Waals surface area contributed by atoms with Gasteiger partial charge in [-0.05, 0) is 49.6 Å². The SMILES string of the molecule is Cc1cccc(CCNCc2ccc(C)c(F)c2)c1. The molecule has 0 bridgehead atoms. The third-order valence-corrected chi connectivity index (χ3v) is 3.24. The second-order valence-electron chi connectivity index (χ2n) is 5.00. The Labute approximate surface area is 114 Å². The van der Waals surface area contributed by atoms with Crippen LogP contribution in [0.15, 0.2) is 42.5 Å². The average molecular weight is 257 g/mol. The summed E-state index contributed by atoms with van der Waals surface area (Å²) in [7, 11) is 0. The number of aryl methyl sites for hydroxylation is 2. The first-order chi connectivity index (χ1) is 9.15. The van der Waals surface area contributed by atoms with E-state index in [9.17, 15) is 4.39 Å². The van der Waals surface area contributed by atoms with Crippen LogP contribution in [0, 0.1) is 19.7 Å². The molecule has 19 heavy (non-hydrogen) atoms. The van der Waals surface area contributed by atoms with E-state index in [4.69, 9.17) is 0 Å². The van der Waals surface area contributed by atoms with E-state index in [0.717, 1.165) is 18.5 Å². The van der Waals surface area contributed by atoms with Gasteiger partial charge in [-0.3, -0.25) is 0 Å². The highest BCUT2D eigenvalue weighted by molar-refractivity contribution is 5.24. The van der Waals surface area contributed by atoms with E-state index in [2.05, 4.69) is 36.5 Å². The minimum Gasteiger partial charge on any atom is -0.312 e. The fraction of sp³-hybridized carbons (Fsp3) is 0.294. The van der Waals surface area contributed by atoms with Crippen molar-refractivity contribution in [1.82, 2.24) is 5.32 Å². The fourth-order valence-electron chi connectivity index (χ4n) is 2.08. The summed E-state index contributed by atoms with van der Waals surface area (Å²) in [6.45, 7) is 5.50. The molecule has 2 aromatic carbocycles. The monoisotopic (exact) mass is 257 g/mol. The predicted octanol–water partition coefficient (Wildman–Crippen LogP) is 3.77. The van der Waals surface area contributed by atoms with E-state index in [-0.39, 0.29) is 5.82 Å². The molecular weight excluding hydrogens is 237 g/mol. The summed E-state index contributed by atoms with van der Waals surface area (Å²) in [6.07, 6.45) is 0.996. The van der Waals surface area contributed by atoms with Crippen molar-refractivity contribution in [2.24, 2.45) is 0 Å². The lowest BCUT2D eigenvalue weighted by Gasteiger charge is -2.07. The molecule has 0 fully saturated rings. The second kappa shape index (κ2) is 6.48. The lowest BCUT2D eigenvalue weighted by molar-refractivity contribution is 0.611. The van der Waals surface area contributed by atoms with Crippen LogP contribution in [0.4, 0.5) is 4.39 Å². The van der Waals surface area contributed by atoms with Crippen LogP contribution in [0.3, 0.4) is 0 Å². The summed E-state index contributed by atoms with van der Waals surface area (Å²) < 4.78 is 13.4. The summed E-state index contributed by atoms with van der Waals surface area (Å²) in [5, 5.41) is 3.35. The zero-order chi connectivity index (χ0) is 13.7. The van der Waals surface area contributed by atoms with E-state index in [1.165, 1.54) is 11.1 Å². The normalized spacial score (nSPS) is 10.7. The quantitative estimate of drug-likeness (QED) is 0.804. The minimum atomic E-state index is -0.127. The third kappa shape index (κ3) is 4.18. The zero-order valence-electron chi connectivity index (χ0n) is 11.5. The molecule has 0 saturated carbocycles. The van der Waals surface area contributed by atoms with Crippen LogP contribution in [0.5, 0.6) is 0 Å². The van der Waals surface area contributed by atoms with Crippen LogP contribution in [0.25, 0.3) is 0 Å². The molecule has 1 N–H and O–H groups in total. The van der Waals surface area contributed by atoms with Gasteiger partial charge in [0.15, 0.2) is 0 Å². The molecule has 1 nitrogen and oxygen atoms in total. The molecule has 0 saturated heterocycles. The summed E-state index contributed by atoms with van der Waals surface area (Å²) >= 11 is 0. The first-order valence-corrected chi connectivity index (χ1v) is 6.66. The molecule has 100 valence electrons. The number of benzene rings is 2. The molecule has 0 unspecified atom stereocenters. The maximum absolute atomic E-state index is 13.4. The smallest absolute Gasteiger partial charge is 0.126 e. The van der Waals surface area contributed by atoms with Crippen LogP contribution >= 0.6 is 0 Å². The molecular formula is C17H20FN. The van der Waals surface area contributed by atoms with Crippen molar-refractivity contribution in [2.45, 2.75) is 26.8 Å². The van der Waals surface area contributed by atoms with Gasteiger partial charge < -0.3 is 5.32 Å². The van der Waals surface area contributed by atoms with E-state index in [0.29, 0.717) is 12.1 Å². The number of hydrogen-bond acceptors (Lipinski definition) is 1. The van der Waals surface area contributed by atoms with Crippen molar-refractivity contribution in [1.29, 1.82) is 0 Å². The Balaban J connectivity index is 1.79. The molecule has 0 radical (unpaired) electrons. The van der Waals surface area contributed by atoms with Gasteiger partial charge in [0.2, 0.25) is 0 Å². The van der Waals surface area contributed by atoms with Crippen LogP contribution in [0.2, 0.25) is 0 Å². The highest BCUT2D eigenvalue weighted by Gasteiger charge is 1.99. The van der Waals surface area contributed by atoms with Crippen LogP contribution in [-0.4, -0.2) is 6.54 Å². The standard InChI is InChI=1S/C17H20FN/c1-13-4-3-5-15(10-13)8-9-19-12-16-7-6-14(2)17(18)11-16/h3-7,10-11,19H,8-9,12H2,1-2H3. The molecule has 0 aliphatic heterocycles. The number of halogens is 1. The van der Waals surface area contributed by atoms with Gasteiger partial charge in [0, 0.05) is 6.54 Å². The van der Waals surface area contributed by atoms with Crippen LogP contribution in [-0.2, 0) is 13.0 Å². The van der Waals surface area contributed by atoms with Crippen molar-refractivity contribution >= 4 is 0 Å². The Kier molecular flexibility index (Phi) is 4.69. The maximum atomic E-state index is 13.4. The van der Waals surface area contributed by atoms with Gasteiger partial charge >= 0.3 is 0 Å². The highest BCUT2D eigenvalue weighted by atomic mass is 19.1.